The van der Waals surface area contributed by atoms with Gasteiger partial charge in [0.15, 0.2) is 5.11 Å². The van der Waals surface area contributed by atoms with Crippen LogP contribution < -0.4 is 20.4 Å². The standard InChI is InChI=1S/C32H36N6OS/c1-7-29(39)34-27-16-15-25(18-20(27)2)38-31(30(35-32(38)40)28-10-8-9-17-33-28)26-19-21(3)37(22(26)4)24-13-11-23(12-14-24)36(5)6/h8-19,30-31H,7H2,1-6H3,(H,34,39)(H,35,40)/t30-,31-/m0/s1. The van der Waals surface area contributed by atoms with Crippen LogP contribution in [0.3, 0.4) is 0 Å². The number of carbonyl (C=O) groups excluding carboxylic acids is 1. The second kappa shape index (κ2) is 11.1. The third-order valence-corrected chi connectivity index (χ3v) is 7.91. The van der Waals surface area contributed by atoms with Crippen molar-refractivity contribution in [2.45, 2.75) is 46.2 Å². The van der Waals surface area contributed by atoms with Crippen molar-refractivity contribution >= 4 is 40.3 Å². The van der Waals surface area contributed by atoms with Gasteiger partial charge in [0.25, 0.3) is 0 Å². The number of nitrogens with zero attached hydrogens (tertiary/aromatic N) is 4. The van der Waals surface area contributed by atoms with Gasteiger partial charge >= 0.3 is 0 Å². The Morgan fingerprint density at radius 1 is 1.02 bits per heavy atom. The summed E-state index contributed by atoms with van der Waals surface area (Å²) in [5.74, 6) is -0.00615. The van der Waals surface area contributed by atoms with E-state index in [2.05, 4.69) is 75.2 Å². The maximum absolute atomic E-state index is 12.0. The van der Waals surface area contributed by atoms with Gasteiger partial charge in [0, 0.05) is 60.9 Å². The number of pyridine rings is 1. The van der Waals surface area contributed by atoms with E-state index in [0.717, 1.165) is 45.4 Å². The average Bonchev–Trinajstić information content (AvgIpc) is 3.44. The van der Waals surface area contributed by atoms with Crippen molar-refractivity contribution in [3.8, 4) is 5.69 Å². The molecule has 0 aliphatic carbocycles. The second-order valence-corrected chi connectivity index (χ2v) is 10.9. The summed E-state index contributed by atoms with van der Waals surface area (Å²) in [6.45, 7) is 8.18. The Labute approximate surface area is 241 Å². The molecule has 1 fully saturated rings. The Kier molecular flexibility index (Phi) is 7.63. The lowest BCUT2D eigenvalue weighted by atomic mass is 9.96. The summed E-state index contributed by atoms with van der Waals surface area (Å²) in [4.78, 5) is 21.0. The number of aromatic nitrogens is 2. The molecule has 1 saturated heterocycles. The maximum Gasteiger partial charge on any atom is 0.224 e. The van der Waals surface area contributed by atoms with Gasteiger partial charge in [0.2, 0.25) is 5.91 Å². The number of anilines is 3. The van der Waals surface area contributed by atoms with Gasteiger partial charge in [-0.15, -0.1) is 0 Å². The minimum absolute atomic E-state index is 0.00615. The first-order valence-electron chi connectivity index (χ1n) is 13.6. The first-order chi connectivity index (χ1) is 19.2. The highest BCUT2D eigenvalue weighted by Gasteiger charge is 2.42. The Hall–Kier alpha value is -4.17. The lowest BCUT2D eigenvalue weighted by Crippen LogP contribution is -2.29. The number of amides is 1. The van der Waals surface area contributed by atoms with Crippen LogP contribution in [0.5, 0.6) is 0 Å². The highest BCUT2D eigenvalue weighted by molar-refractivity contribution is 7.80. The Morgan fingerprint density at radius 3 is 2.38 bits per heavy atom. The zero-order chi connectivity index (χ0) is 28.6. The van der Waals surface area contributed by atoms with E-state index in [1.807, 2.05) is 64.5 Å². The summed E-state index contributed by atoms with van der Waals surface area (Å²) >= 11 is 5.96. The first-order valence-corrected chi connectivity index (χ1v) is 14.0. The van der Waals surface area contributed by atoms with E-state index in [1.54, 1.807) is 0 Å². The van der Waals surface area contributed by atoms with Crippen molar-refractivity contribution in [1.29, 1.82) is 0 Å². The Bertz CT molecular complexity index is 1540. The fraction of sp³-hybridized carbons (Fsp3) is 0.281. The monoisotopic (exact) mass is 552 g/mol. The zero-order valence-corrected chi connectivity index (χ0v) is 24.7. The van der Waals surface area contributed by atoms with Crippen molar-refractivity contribution in [2.75, 3.05) is 29.2 Å². The molecule has 8 heteroatoms. The molecule has 206 valence electrons. The van der Waals surface area contributed by atoms with E-state index in [1.165, 1.54) is 5.56 Å². The van der Waals surface area contributed by atoms with E-state index >= 15 is 0 Å². The van der Waals surface area contributed by atoms with Gasteiger partial charge in [-0.1, -0.05) is 13.0 Å². The van der Waals surface area contributed by atoms with Crippen molar-refractivity contribution in [1.82, 2.24) is 14.9 Å². The molecule has 7 nitrogen and oxygen atoms in total. The Morgan fingerprint density at radius 2 is 1.75 bits per heavy atom. The van der Waals surface area contributed by atoms with E-state index in [4.69, 9.17) is 17.2 Å². The minimum Gasteiger partial charge on any atom is -0.378 e. The molecule has 0 bridgehead atoms. The number of carbonyl (C=O) groups is 1. The SMILES string of the molecule is CCC(=O)Nc1ccc(N2C(=S)N[C@@H](c3ccccn3)[C@@H]2c2cc(C)n(-c3ccc(N(C)C)cc3)c2C)cc1C. The predicted molar refractivity (Wildman–Crippen MR) is 168 cm³/mol. The van der Waals surface area contributed by atoms with Gasteiger partial charge in [-0.25, -0.2) is 0 Å². The van der Waals surface area contributed by atoms with Crippen LogP contribution in [0.25, 0.3) is 5.69 Å². The smallest absolute Gasteiger partial charge is 0.224 e. The number of hydrogen-bond donors (Lipinski definition) is 2. The molecular formula is C32H36N6OS. The molecule has 5 rings (SSSR count). The summed E-state index contributed by atoms with van der Waals surface area (Å²) in [6.07, 6.45) is 2.26. The van der Waals surface area contributed by atoms with Crippen molar-refractivity contribution in [2.24, 2.45) is 0 Å². The van der Waals surface area contributed by atoms with E-state index in [9.17, 15) is 4.79 Å². The highest BCUT2D eigenvalue weighted by Crippen LogP contribution is 2.44. The number of benzene rings is 2. The molecule has 0 spiro atoms. The van der Waals surface area contributed by atoms with Gasteiger partial charge < -0.3 is 25.0 Å². The molecular weight excluding hydrogens is 516 g/mol. The minimum atomic E-state index is -0.140. The molecule has 40 heavy (non-hydrogen) atoms. The number of aryl methyl sites for hydroxylation is 2. The largest absolute Gasteiger partial charge is 0.378 e. The lowest BCUT2D eigenvalue weighted by Gasteiger charge is -2.29. The summed E-state index contributed by atoms with van der Waals surface area (Å²) in [7, 11) is 4.10. The van der Waals surface area contributed by atoms with Gasteiger partial charge in [-0.2, -0.15) is 0 Å². The van der Waals surface area contributed by atoms with Crippen LogP contribution in [-0.4, -0.2) is 34.7 Å². The molecule has 3 heterocycles. The summed E-state index contributed by atoms with van der Waals surface area (Å²) in [5, 5.41) is 7.21. The van der Waals surface area contributed by atoms with E-state index < -0.39 is 0 Å². The van der Waals surface area contributed by atoms with Gasteiger partial charge in [-0.05, 0) is 105 Å². The fourth-order valence-corrected chi connectivity index (χ4v) is 5.86. The van der Waals surface area contributed by atoms with Crippen LogP contribution in [0.1, 0.15) is 53.6 Å². The van der Waals surface area contributed by atoms with E-state index in [0.29, 0.717) is 11.5 Å². The third kappa shape index (κ3) is 5.07. The van der Waals surface area contributed by atoms with Crippen LogP contribution >= 0.6 is 12.2 Å². The van der Waals surface area contributed by atoms with Crippen molar-refractivity contribution in [3.05, 3.63) is 101 Å². The molecule has 2 aromatic heterocycles. The zero-order valence-electron chi connectivity index (χ0n) is 23.9. The molecule has 0 unspecified atom stereocenters. The number of thiocarbonyl (C=S) groups is 1. The normalized spacial score (nSPS) is 16.6. The topological polar surface area (TPSA) is 65.4 Å². The lowest BCUT2D eigenvalue weighted by molar-refractivity contribution is -0.115. The van der Waals surface area contributed by atoms with Crippen molar-refractivity contribution < 1.29 is 4.79 Å². The Balaban J connectivity index is 1.61. The third-order valence-electron chi connectivity index (χ3n) is 7.59. The number of hydrogen-bond acceptors (Lipinski definition) is 4. The molecule has 2 N–H and O–H groups in total. The molecule has 2 aromatic carbocycles. The van der Waals surface area contributed by atoms with Gasteiger partial charge in [-0.3, -0.25) is 9.78 Å². The number of rotatable bonds is 7. The van der Waals surface area contributed by atoms with Crippen LogP contribution in [0.2, 0.25) is 0 Å². The maximum atomic E-state index is 12.0. The van der Waals surface area contributed by atoms with Gasteiger partial charge in [0.1, 0.15) is 0 Å². The van der Waals surface area contributed by atoms with Crippen LogP contribution in [0, 0.1) is 20.8 Å². The molecule has 1 aliphatic heterocycles. The van der Waals surface area contributed by atoms with Gasteiger partial charge in [0.05, 0.1) is 17.8 Å². The highest BCUT2D eigenvalue weighted by atomic mass is 32.1. The van der Waals surface area contributed by atoms with Crippen LogP contribution in [0.15, 0.2) is 72.9 Å². The van der Waals surface area contributed by atoms with E-state index in [-0.39, 0.29) is 18.0 Å². The van der Waals surface area contributed by atoms with Crippen LogP contribution in [-0.2, 0) is 4.79 Å². The molecule has 2 atom stereocenters. The summed E-state index contributed by atoms with van der Waals surface area (Å²) in [6, 6.07) is 22.7. The predicted octanol–water partition coefficient (Wildman–Crippen LogP) is 6.39. The van der Waals surface area contributed by atoms with Crippen molar-refractivity contribution in [3.63, 3.8) is 0 Å². The first kappa shape index (κ1) is 27.4. The summed E-state index contributed by atoms with van der Waals surface area (Å²) < 4.78 is 2.30. The molecule has 0 radical (unpaired) electrons. The van der Waals surface area contributed by atoms with Crippen LogP contribution in [0.4, 0.5) is 17.1 Å². The molecule has 1 aliphatic rings. The molecule has 4 aromatic rings. The average molecular weight is 553 g/mol. The second-order valence-electron chi connectivity index (χ2n) is 10.5. The molecule has 0 saturated carbocycles. The summed E-state index contributed by atoms with van der Waals surface area (Å²) in [5.41, 5.74) is 9.45. The molecule has 1 amide bonds. The fourth-order valence-electron chi connectivity index (χ4n) is 5.51. The quantitative estimate of drug-likeness (QED) is 0.259. The number of nitrogens with one attached hydrogen (secondary N) is 2.